The summed E-state index contributed by atoms with van der Waals surface area (Å²) in [5, 5.41) is 11.4. The number of hydrogen-bond donors (Lipinski definition) is 2. The van der Waals surface area contributed by atoms with Gasteiger partial charge in [0.15, 0.2) is 0 Å². The molecule has 2 aliphatic carbocycles. The van der Waals surface area contributed by atoms with E-state index in [2.05, 4.69) is 55.3 Å². The Morgan fingerprint density at radius 2 is 1.65 bits per heavy atom. The van der Waals surface area contributed by atoms with E-state index in [-0.39, 0.29) is 35.6 Å². The molecule has 2 N–H and O–H groups in total. The quantitative estimate of drug-likeness (QED) is 0.327. The van der Waals surface area contributed by atoms with Crippen LogP contribution in [-0.2, 0) is 16.0 Å². The third kappa shape index (κ3) is 5.15. The third-order valence-corrected chi connectivity index (χ3v) is 9.99. The molecule has 3 atom stereocenters. The fourth-order valence-corrected chi connectivity index (χ4v) is 7.44. The number of nitrogens with one attached hydrogen (secondary N) is 1. The molecule has 6 rings (SSSR count). The number of carbonyl (C=O) groups is 3. The number of carboxylic acid groups (broad SMARTS) is 1. The minimum absolute atomic E-state index is 0.00347. The van der Waals surface area contributed by atoms with Crippen LogP contribution in [0.1, 0.15) is 67.9 Å². The van der Waals surface area contributed by atoms with Gasteiger partial charge in [0.05, 0.1) is 6.42 Å². The minimum atomic E-state index is -0.950. The fourth-order valence-electron chi connectivity index (χ4n) is 7.44. The van der Waals surface area contributed by atoms with Gasteiger partial charge >= 0.3 is 5.97 Å². The Bertz CT molecular complexity index is 1590. The number of fused-ring (bicyclic) bond motifs is 2. The average molecular weight is 578 g/mol. The van der Waals surface area contributed by atoms with Crippen LogP contribution in [0.15, 0.2) is 83.9 Å². The van der Waals surface area contributed by atoms with Gasteiger partial charge in [-0.1, -0.05) is 81.4 Å². The van der Waals surface area contributed by atoms with Crippen molar-refractivity contribution in [2.24, 2.45) is 21.7 Å². The van der Waals surface area contributed by atoms with Gasteiger partial charge in [0.1, 0.15) is 11.4 Å². The molecule has 0 radical (unpaired) electrons. The maximum atomic E-state index is 14.2. The zero-order chi connectivity index (χ0) is 30.4. The molecule has 7 nitrogen and oxygen atoms in total. The first kappa shape index (κ1) is 28.8. The van der Waals surface area contributed by atoms with E-state index in [1.807, 2.05) is 42.5 Å². The Balaban J connectivity index is 1.24. The lowest BCUT2D eigenvalue weighted by molar-refractivity contribution is -0.136. The zero-order valence-electron chi connectivity index (χ0n) is 25.1. The molecule has 222 valence electrons. The number of benzene rings is 3. The number of amides is 2. The van der Waals surface area contributed by atoms with Gasteiger partial charge in [-0.2, -0.15) is 0 Å². The smallest absolute Gasteiger partial charge is 0.305 e. The number of aliphatic carboxylic acids is 1. The molecule has 0 bridgehead atoms. The Morgan fingerprint density at radius 3 is 2.30 bits per heavy atom. The molecule has 7 heteroatoms. The predicted octanol–water partition coefficient (Wildman–Crippen LogP) is 5.97. The van der Waals surface area contributed by atoms with Crippen molar-refractivity contribution in [1.82, 2.24) is 10.2 Å². The Morgan fingerprint density at radius 1 is 0.953 bits per heavy atom. The van der Waals surface area contributed by atoms with Gasteiger partial charge in [-0.25, -0.2) is 0 Å². The van der Waals surface area contributed by atoms with Crippen LogP contribution in [0.2, 0.25) is 0 Å². The van der Waals surface area contributed by atoms with Crippen molar-refractivity contribution in [3.05, 3.63) is 95.6 Å². The summed E-state index contributed by atoms with van der Waals surface area (Å²) in [6.07, 6.45) is 3.56. The molecule has 1 spiro atoms. The van der Waals surface area contributed by atoms with Gasteiger partial charge in [-0.15, -0.1) is 0 Å². The molecule has 2 fully saturated rings. The third-order valence-electron chi connectivity index (χ3n) is 9.99. The van der Waals surface area contributed by atoms with E-state index in [0.717, 1.165) is 41.5 Å². The fraction of sp³-hybridized carbons (Fsp3) is 0.389. The second-order valence-electron chi connectivity index (χ2n) is 13.3. The van der Waals surface area contributed by atoms with Crippen molar-refractivity contribution in [2.45, 2.75) is 58.5 Å². The van der Waals surface area contributed by atoms with E-state index < -0.39 is 11.6 Å². The lowest BCUT2D eigenvalue weighted by Gasteiger charge is -2.35. The second kappa shape index (κ2) is 10.8. The molecule has 1 heterocycles. The molecule has 1 aliphatic heterocycles. The van der Waals surface area contributed by atoms with E-state index in [0.29, 0.717) is 30.2 Å². The highest BCUT2D eigenvalue weighted by Gasteiger charge is 2.75. The molecule has 3 aromatic carbocycles. The first-order valence-electron chi connectivity index (χ1n) is 15.2. The monoisotopic (exact) mass is 577 g/mol. The Labute approximate surface area is 253 Å². The Hall–Kier alpha value is -4.26. The van der Waals surface area contributed by atoms with E-state index in [1.165, 1.54) is 0 Å². The average Bonchev–Trinajstić information content (AvgIpc) is 3.60. The molecule has 43 heavy (non-hydrogen) atoms. The van der Waals surface area contributed by atoms with Crippen LogP contribution >= 0.6 is 0 Å². The molecule has 3 aliphatic rings. The lowest BCUT2D eigenvalue weighted by atomic mass is 9.76. The highest BCUT2D eigenvalue weighted by atomic mass is 16.4. The Kier molecular flexibility index (Phi) is 7.23. The standard InChI is InChI=1S/C36H39N3O4/c1-34(2,3)35-18-19-36(29(35)23-35)38-31(28-11-7-10-27(22-28)25-8-5-4-6-9-25)33(43)39(36)21-17-24-12-14-26(15-13-24)32(42)37-20-16-30(40)41/h4-15,22,29H,16-21,23H2,1-3H3,(H,37,42)(H,40,41). The highest BCUT2D eigenvalue weighted by Crippen LogP contribution is 2.76. The number of aliphatic imine (C=N–C) groups is 1. The number of carboxylic acids is 1. The van der Waals surface area contributed by atoms with E-state index >= 15 is 0 Å². The largest absolute Gasteiger partial charge is 0.481 e. The molecular weight excluding hydrogens is 538 g/mol. The summed E-state index contributed by atoms with van der Waals surface area (Å²) in [6, 6.07) is 25.7. The maximum absolute atomic E-state index is 14.2. The van der Waals surface area contributed by atoms with E-state index in [1.54, 1.807) is 12.1 Å². The summed E-state index contributed by atoms with van der Waals surface area (Å²) in [6.45, 7) is 7.59. The van der Waals surface area contributed by atoms with E-state index in [4.69, 9.17) is 10.1 Å². The van der Waals surface area contributed by atoms with Crippen LogP contribution in [-0.4, -0.2) is 52.3 Å². The van der Waals surface area contributed by atoms with Crippen LogP contribution in [0.3, 0.4) is 0 Å². The highest BCUT2D eigenvalue weighted by molar-refractivity contribution is 6.47. The van der Waals surface area contributed by atoms with Crippen LogP contribution in [0.4, 0.5) is 0 Å². The van der Waals surface area contributed by atoms with Crippen molar-refractivity contribution in [3.63, 3.8) is 0 Å². The maximum Gasteiger partial charge on any atom is 0.305 e. The van der Waals surface area contributed by atoms with Crippen LogP contribution in [0.5, 0.6) is 0 Å². The molecule has 2 amide bonds. The van der Waals surface area contributed by atoms with E-state index in [9.17, 15) is 14.4 Å². The summed E-state index contributed by atoms with van der Waals surface area (Å²) in [4.78, 5) is 44.8. The molecule has 3 aromatic rings. The number of nitrogens with zero attached hydrogens (tertiary/aromatic N) is 2. The van der Waals surface area contributed by atoms with Crippen molar-refractivity contribution in [1.29, 1.82) is 0 Å². The van der Waals surface area contributed by atoms with Gasteiger partial charge in [0, 0.05) is 30.1 Å². The SMILES string of the molecule is CC(C)(C)C12CCC3(N=C(c4cccc(-c5ccccc5)c4)C(=O)N3CCc3ccc(C(=O)NCCC(=O)O)cc3)C1C2. The number of rotatable bonds is 9. The zero-order valence-corrected chi connectivity index (χ0v) is 25.1. The summed E-state index contributed by atoms with van der Waals surface area (Å²) >= 11 is 0. The number of carbonyl (C=O) groups excluding carboxylic acids is 2. The normalized spacial score (nSPS) is 24.2. The van der Waals surface area contributed by atoms with Gasteiger partial charge in [0.2, 0.25) is 0 Å². The van der Waals surface area contributed by atoms with Crippen molar-refractivity contribution < 1.29 is 19.5 Å². The second-order valence-corrected chi connectivity index (χ2v) is 13.3. The molecule has 2 saturated carbocycles. The summed E-state index contributed by atoms with van der Waals surface area (Å²) in [7, 11) is 0. The molecule has 0 aromatic heterocycles. The first-order chi connectivity index (χ1) is 20.5. The number of hydrogen-bond acceptors (Lipinski definition) is 4. The van der Waals surface area contributed by atoms with Crippen LogP contribution in [0, 0.1) is 16.7 Å². The van der Waals surface area contributed by atoms with Crippen molar-refractivity contribution >= 4 is 23.5 Å². The topological polar surface area (TPSA) is 99.1 Å². The van der Waals surface area contributed by atoms with Crippen molar-refractivity contribution in [3.8, 4) is 11.1 Å². The minimum Gasteiger partial charge on any atom is -0.481 e. The van der Waals surface area contributed by atoms with Crippen LogP contribution < -0.4 is 5.32 Å². The van der Waals surface area contributed by atoms with Crippen molar-refractivity contribution in [2.75, 3.05) is 13.1 Å². The summed E-state index contributed by atoms with van der Waals surface area (Å²) in [5.41, 5.74) is 4.92. The summed E-state index contributed by atoms with van der Waals surface area (Å²) in [5.74, 6) is -0.906. The molecule has 0 saturated heterocycles. The van der Waals surface area contributed by atoms with Gasteiger partial charge in [-0.05, 0) is 71.4 Å². The van der Waals surface area contributed by atoms with Gasteiger partial charge in [0.25, 0.3) is 11.8 Å². The molecular formula is C36H39N3O4. The molecule has 3 unspecified atom stereocenters. The lowest BCUT2D eigenvalue weighted by Crippen LogP contribution is -2.48. The predicted molar refractivity (Wildman–Crippen MR) is 167 cm³/mol. The van der Waals surface area contributed by atoms with Crippen LogP contribution in [0.25, 0.3) is 11.1 Å². The van der Waals surface area contributed by atoms with Gasteiger partial charge < -0.3 is 15.3 Å². The van der Waals surface area contributed by atoms with Gasteiger partial charge in [-0.3, -0.25) is 19.4 Å². The summed E-state index contributed by atoms with van der Waals surface area (Å²) < 4.78 is 0. The first-order valence-corrected chi connectivity index (χ1v) is 15.2.